The van der Waals surface area contributed by atoms with Gasteiger partial charge in [0.25, 0.3) is 0 Å². The Morgan fingerprint density at radius 2 is 1.81 bits per heavy atom. The number of nitrogens with one attached hydrogen (secondary N) is 2. The molecular weight excluding hydrogens is 435 g/mol. The first-order valence-corrected chi connectivity index (χ1v) is 11.4. The molecule has 4 rings (SSSR count). The molecule has 0 atom stereocenters. The lowest BCUT2D eigenvalue weighted by Crippen LogP contribution is -2.24. The van der Waals surface area contributed by atoms with Crippen molar-refractivity contribution in [2.24, 2.45) is 0 Å². The van der Waals surface area contributed by atoms with Crippen molar-refractivity contribution in [3.63, 3.8) is 0 Å². The van der Waals surface area contributed by atoms with Crippen LogP contribution in [0.25, 0.3) is 11.1 Å². The molecule has 0 saturated carbocycles. The van der Waals surface area contributed by atoms with E-state index in [1.54, 1.807) is 26.0 Å². The summed E-state index contributed by atoms with van der Waals surface area (Å²) in [6.07, 6.45) is 0.0989. The lowest BCUT2D eigenvalue weighted by atomic mass is 10.0. The molecule has 166 valence electrons. The molecule has 0 spiro atoms. The van der Waals surface area contributed by atoms with Crippen LogP contribution in [-0.4, -0.2) is 30.0 Å². The van der Waals surface area contributed by atoms with Gasteiger partial charge in [-0.05, 0) is 48.7 Å². The van der Waals surface area contributed by atoms with E-state index < -0.39 is 15.8 Å². The second-order valence-electron chi connectivity index (χ2n) is 7.59. The van der Waals surface area contributed by atoms with Crippen molar-refractivity contribution in [1.29, 1.82) is 0 Å². The molecule has 1 amide bonds. The van der Waals surface area contributed by atoms with E-state index in [0.717, 1.165) is 4.68 Å². The first kappa shape index (κ1) is 21.8. The van der Waals surface area contributed by atoms with Crippen LogP contribution in [0, 0.1) is 19.7 Å². The van der Waals surface area contributed by atoms with Gasteiger partial charge in [-0.15, -0.1) is 0 Å². The summed E-state index contributed by atoms with van der Waals surface area (Å²) in [5.41, 5.74) is 2.62. The summed E-state index contributed by atoms with van der Waals surface area (Å²) in [6.45, 7) is 3.36. The summed E-state index contributed by atoms with van der Waals surface area (Å²) in [5, 5.41) is 6.97. The molecule has 0 radical (unpaired) electrons. The summed E-state index contributed by atoms with van der Waals surface area (Å²) < 4.78 is 42.8. The standard InChI is InChI=1S/C22H21FN4O4S/c1-13-3-6-16(21-14(2)26-27-20(29)10-9-19(28)25-22(21)27)11-18(13)32(30,31)24-12-15-4-7-17(23)8-5-15/h3-8,11,24H,9-10,12H2,1-2H3,(H,25,28). The molecule has 32 heavy (non-hydrogen) atoms. The van der Waals surface area contributed by atoms with Crippen LogP contribution >= 0.6 is 0 Å². The van der Waals surface area contributed by atoms with E-state index in [4.69, 9.17) is 0 Å². The van der Waals surface area contributed by atoms with E-state index in [2.05, 4.69) is 15.1 Å². The summed E-state index contributed by atoms with van der Waals surface area (Å²) >= 11 is 0. The third-order valence-electron chi connectivity index (χ3n) is 5.27. The second kappa shape index (κ2) is 8.29. The molecule has 2 heterocycles. The first-order valence-electron chi connectivity index (χ1n) is 9.93. The average Bonchev–Trinajstić information content (AvgIpc) is 3.00. The molecule has 8 nitrogen and oxygen atoms in total. The zero-order valence-corrected chi connectivity index (χ0v) is 18.3. The highest BCUT2D eigenvalue weighted by molar-refractivity contribution is 7.89. The number of carbonyl (C=O) groups excluding carboxylic acids is 2. The van der Waals surface area contributed by atoms with Gasteiger partial charge in [0.15, 0.2) is 0 Å². The number of rotatable bonds is 5. The van der Waals surface area contributed by atoms with E-state index in [0.29, 0.717) is 27.9 Å². The SMILES string of the molecule is Cc1ccc(-c2c(C)nn3c2NC(=O)CCC3=O)cc1S(=O)(=O)NCc1ccc(F)cc1. The number of aryl methyl sites for hydroxylation is 2. The number of benzene rings is 2. The van der Waals surface area contributed by atoms with Crippen molar-refractivity contribution in [1.82, 2.24) is 14.5 Å². The van der Waals surface area contributed by atoms with Crippen molar-refractivity contribution in [3.05, 3.63) is 65.1 Å². The van der Waals surface area contributed by atoms with Crippen LogP contribution in [0.3, 0.4) is 0 Å². The maximum absolute atomic E-state index is 13.1. The molecule has 1 aliphatic rings. The average molecular weight is 456 g/mol. The maximum atomic E-state index is 13.1. The molecule has 2 N–H and O–H groups in total. The van der Waals surface area contributed by atoms with Crippen molar-refractivity contribution in [2.45, 2.75) is 38.1 Å². The van der Waals surface area contributed by atoms with Gasteiger partial charge in [-0.1, -0.05) is 24.3 Å². The number of nitrogens with zero attached hydrogens (tertiary/aromatic N) is 2. The van der Waals surface area contributed by atoms with Gasteiger partial charge < -0.3 is 5.32 Å². The van der Waals surface area contributed by atoms with Crippen molar-refractivity contribution in [2.75, 3.05) is 5.32 Å². The molecule has 1 aromatic heterocycles. The highest BCUT2D eigenvalue weighted by Gasteiger charge is 2.27. The predicted molar refractivity (Wildman–Crippen MR) is 116 cm³/mol. The highest BCUT2D eigenvalue weighted by Crippen LogP contribution is 2.35. The van der Waals surface area contributed by atoms with Gasteiger partial charge >= 0.3 is 0 Å². The molecule has 2 aromatic carbocycles. The molecule has 0 fully saturated rings. The van der Waals surface area contributed by atoms with Gasteiger partial charge in [0.1, 0.15) is 11.6 Å². The third kappa shape index (κ3) is 4.19. The Kier molecular flexibility index (Phi) is 5.66. The van der Waals surface area contributed by atoms with E-state index in [9.17, 15) is 22.4 Å². The number of fused-ring (bicyclic) bond motifs is 1. The minimum atomic E-state index is -3.90. The molecule has 0 bridgehead atoms. The molecule has 0 unspecified atom stereocenters. The number of aromatic nitrogens is 2. The Morgan fingerprint density at radius 1 is 1.09 bits per heavy atom. The van der Waals surface area contributed by atoms with Crippen LogP contribution in [0.2, 0.25) is 0 Å². The van der Waals surface area contributed by atoms with Crippen LogP contribution in [-0.2, 0) is 21.4 Å². The Labute approximate surface area is 184 Å². The molecule has 1 aliphatic heterocycles. The van der Waals surface area contributed by atoms with Crippen molar-refractivity contribution in [3.8, 4) is 11.1 Å². The van der Waals surface area contributed by atoms with Gasteiger partial charge in [-0.3, -0.25) is 9.59 Å². The number of sulfonamides is 1. The molecule has 0 aliphatic carbocycles. The van der Waals surface area contributed by atoms with E-state index in [1.807, 2.05) is 0 Å². The Balaban J connectivity index is 1.71. The fourth-order valence-corrected chi connectivity index (χ4v) is 4.88. The summed E-state index contributed by atoms with van der Waals surface area (Å²) in [5.74, 6) is -0.782. The molecule has 3 aromatic rings. The first-order chi connectivity index (χ1) is 15.2. The third-order valence-corrected chi connectivity index (χ3v) is 6.81. The predicted octanol–water partition coefficient (Wildman–Crippen LogP) is 3.16. The van der Waals surface area contributed by atoms with Crippen molar-refractivity contribution >= 4 is 27.7 Å². The van der Waals surface area contributed by atoms with Crippen molar-refractivity contribution < 1.29 is 22.4 Å². The van der Waals surface area contributed by atoms with Crippen LogP contribution in [0.5, 0.6) is 0 Å². The number of hydrogen-bond acceptors (Lipinski definition) is 5. The lowest BCUT2D eigenvalue weighted by molar-refractivity contribution is -0.116. The zero-order chi connectivity index (χ0) is 23.0. The fourth-order valence-electron chi connectivity index (χ4n) is 3.59. The topological polar surface area (TPSA) is 110 Å². The van der Waals surface area contributed by atoms with Gasteiger partial charge in [-0.2, -0.15) is 9.78 Å². The molecule has 10 heteroatoms. The normalized spacial score (nSPS) is 14.1. The van der Waals surface area contributed by atoms with Gasteiger partial charge in [0.2, 0.25) is 21.8 Å². The number of halogens is 1. The Bertz CT molecular complexity index is 1330. The number of amides is 1. The summed E-state index contributed by atoms with van der Waals surface area (Å²) in [6, 6.07) is 10.4. The zero-order valence-electron chi connectivity index (χ0n) is 17.5. The fraction of sp³-hybridized carbons (Fsp3) is 0.227. The smallest absolute Gasteiger partial charge is 0.249 e. The minimum absolute atomic E-state index is 0.000942. The highest BCUT2D eigenvalue weighted by atomic mass is 32.2. The molecular formula is C22H21FN4O4S. The lowest BCUT2D eigenvalue weighted by Gasteiger charge is -2.12. The van der Waals surface area contributed by atoms with Crippen LogP contribution in [0.4, 0.5) is 10.2 Å². The van der Waals surface area contributed by atoms with Crippen LogP contribution < -0.4 is 10.0 Å². The number of anilines is 1. The Morgan fingerprint density at radius 3 is 2.53 bits per heavy atom. The van der Waals surface area contributed by atoms with E-state index >= 15 is 0 Å². The van der Waals surface area contributed by atoms with Crippen LogP contribution in [0.1, 0.15) is 34.5 Å². The van der Waals surface area contributed by atoms with Gasteiger partial charge in [-0.25, -0.2) is 17.5 Å². The quantitative estimate of drug-likeness (QED) is 0.613. The monoisotopic (exact) mass is 456 g/mol. The number of carbonyl (C=O) groups is 2. The maximum Gasteiger partial charge on any atom is 0.249 e. The van der Waals surface area contributed by atoms with Crippen LogP contribution in [0.15, 0.2) is 47.4 Å². The molecule has 0 saturated heterocycles. The summed E-state index contributed by atoms with van der Waals surface area (Å²) in [4.78, 5) is 24.5. The largest absolute Gasteiger partial charge is 0.310 e. The number of hydrogen-bond donors (Lipinski definition) is 2. The van der Waals surface area contributed by atoms with E-state index in [-0.39, 0.29) is 41.9 Å². The summed E-state index contributed by atoms with van der Waals surface area (Å²) in [7, 11) is -3.90. The van der Waals surface area contributed by atoms with E-state index in [1.165, 1.54) is 30.3 Å². The Hall–Kier alpha value is -3.37. The van der Waals surface area contributed by atoms with Gasteiger partial charge in [0.05, 0.1) is 10.6 Å². The van der Waals surface area contributed by atoms with Gasteiger partial charge in [0, 0.05) is 24.9 Å². The minimum Gasteiger partial charge on any atom is -0.310 e. The second-order valence-corrected chi connectivity index (χ2v) is 9.33.